The maximum absolute atomic E-state index is 12.5. The molecule has 2 amide bonds. The molecule has 2 rings (SSSR count). The number of carbonyl (C=O) groups is 2. The molecule has 7 nitrogen and oxygen atoms in total. The number of likely N-dealkylation sites (tertiary alicyclic amines) is 1. The van der Waals surface area contributed by atoms with E-state index >= 15 is 0 Å². The third kappa shape index (κ3) is 2.29. The van der Waals surface area contributed by atoms with E-state index in [9.17, 15) is 9.59 Å². The lowest BCUT2D eigenvalue weighted by Gasteiger charge is -2.35. The molecule has 0 spiro atoms. The Labute approximate surface area is 117 Å². The van der Waals surface area contributed by atoms with Crippen LogP contribution < -0.4 is 5.32 Å². The van der Waals surface area contributed by atoms with Gasteiger partial charge in [-0.3, -0.25) is 9.59 Å². The molecule has 0 saturated carbocycles. The Bertz CT molecular complexity index is 513. The van der Waals surface area contributed by atoms with E-state index in [1.165, 1.54) is 12.0 Å². The van der Waals surface area contributed by atoms with E-state index in [1.54, 1.807) is 20.0 Å². The zero-order chi connectivity index (χ0) is 14.8. The average Bonchev–Trinajstić information content (AvgIpc) is 3.05. The van der Waals surface area contributed by atoms with Crippen molar-refractivity contribution in [3.63, 3.8) is 0 Å². The summed E-state index contributed by atoms with van der Waals surface area (Å²) in [5.74, 6) is 0.0373. The molecular formula is C13H19N3O4. The summed E-state index contributed by atoms with van der Waals surface area (Å²) in [5.41, 5.74) is -0.748. The lowest BCUT2D eigenvalue weighted by Crippen LogP contribution is -2.59. The van der Waals surface area contributed by atoms with Crippen LogP contribution in [0, 0.1) is 6.92 Å². The highest BCUT2D eigenvalue weighted by molar-refractivity contribution is 5.98. The molecule has 0 radical (unpaired) electrons. The van der Waals surface area contributed by atoms with Gasteiger partial charge in [0.25, 0.3) is 5.91 Å². The standard InChI is InChI=1S/C13H19N3O4/c1-9-7-10(15-20-9)11(17)16-6-4-5-13(16,8-19-3)12(18)14-2/h7H,4-6,8H2,1-3H3,(H,14,18). The molecule has 1 aliphatic heterocycles. The van der Waals surface area contributed by atoms with Crippen molar-refractivity contribution in [2.75, 3.05) is 27.3 Å². The number of carbonyl (C=O) groups excluding carboxylic acids is 2. The van der Waals surface area contributed by atoms with Crippen molar-refractivity contribution < 1.29 is 18.8 Å². The van der Waals surface area contributed by atoms with Gasteiger partial charge in [0.15, 0.2) is 5.69 Å². The number of likely N-dealkylation sites (N-methyl/N-ethyl adjacent to an activating group) is 1. The van der Waals surface area contributed by atoms with Crippen molar-refractivity contribution in [3.8, 4) is 0 Å². The summed E-state index contributed by atoms with van der Waals surface area (Å²) in [6.07, 6.45) is 1.32. The summed E-state index contributed by atoms with van der Waals surface area (Å²) in [6, 6.07) is 1.57. The van der Waals surface area contributed by atoms with Crippen molar-refractivity contribution in [1.82, 2.24) is 15.4 Å². The molecule has 1 aliphatic rings. The van der Waals surface area contributed by atoms with Gasteiger partial charge >= 0.3 is 0 Å². The monoisotopic (exact) mass is 281 g/mol. The van der Waals surface area contributed by atoms with Gasteiger partial charge in [-0.15, -0.1) is 0 Å². The van der Waals surface area contributed by atoms with Gasteiger partial charge < -0.3 is 19.5 Å². The molecule has 2 heterocycles. The molecule has 1 aromatic rings. The molecule has 0 aliphatic carbocycles. The minimum atomic E-state index is -0.965. The number of nitrogens with zero attached hydrogens (tertiary/aromatic N) is 2. The van der Waals surface area contributed by atoms with Gasteiger partial charge in [-0.25, -0.2) is 0 Å². The molecule has 0 bridgehead atoms. The number of aryl methyl sites for hydroxylation is 1. The molecule has 20 heavy (non-hydrogen) atoms. The van der Waals surface area contributed by atoms with E-state index in [1.807, 2.05) is 0 Å². The summed E-state index contributed by atoms with van der Waals surface area (Å²) in [7, 11) is 3.08. The second-order valence-electron chi connectivity index (χ2n) is 4.93. The van der Waals surface area contributed by atoms with Crippen LogP contribution in [-0.4, -0.2) is 54.7 Å². The zero-order valence-corrected chi connectivity index (χ0v) is 11.9. The molecule has 110 valence electrons. The lowest BCUT2D eigenvalue weighted by molar-refractivity contribution is -0.133. The highest BCUT2D eigenvalue weighted by Gasteiger charge is 2.50. The van der Waals surface area contributed by atoms with Gasteiger partial charge in [-0.1, -0.05) is 5.16 Å². The third-order valence-electron chi connectivity index (χ3n) is 3.61. The predicted octanol–water partition coefficient (Wildman–Crippen LogP) is 0.350. The second-order valence-corrected chi connectivity index (χ2v) is 4.93. The van der Waals surface area contributed by atoms with E-state index in [0.29, 0.717) is 18.7 Å². The molecule has 1 saturated heterocycles. The van der Waals surface area contributed by atoms with E-state index in [4.69, 9.17) is 9.26 Å². The number of ether oxygens (including phenoxy) is 1. The van der Waals surface area contributed by atoms with Crippen LogP contribution in [0.5, 0.6) is 0 Å². The largest absolute Gasteiger partial charge is 0.382 e. The van der Waals surface area contributed by atoms with E-state index in [0.717, 1.165) is 6.42 Å². The third-order valence-corrected chi connectivity index (χ3v) is 3.61. The van der Waals surface area contributed by atoms with Crippen LogP contribution in [0.15, 0.2) is 10.6 Å². The summed E-state index contributed by atoms with van der Waals surface area (Å²) in [4.78, 5) is 26.3. The number of methoxy groups -OCH3 is 1. The summed E-state index contributed by atoms with van der Waals surface area (Å²) in [6.45, 7) is 2.38. The minimum absolute atomic E-state index is 0.162. The Balaban J connectivity index is 2.32. The molecule has 1 aromatic heterocycles. The zero-order valence-electron chi connectivity index (χ0n) is 11.9. The Morgan fingerprint density at radius 1 is 1.60 bits per heavy atom. The van der Waals surface area contributed by atoms with Crippen molar-refractivity contribution in [1.29, 1.82) is 0 Å². The van der Waals surface area contributed by atoms with Crippen LogP contribution in [0.1, 0.15) is 29.1 Å². The van der Waals surface area contributed by atoms with Crippen molar-refractivity contribution in [2.24, 2.45) is 0 Å². The number of hydrogen-bond donors (Lipinski definition) is 1. The number of amides is 2. The number of hydrogen-bond acceptors (Lipinski definition) is 5. The molecule has 1 N–H and O–H groups in total. The van der Waals surface area contributed by atoms with Crippen molar-refractivity contribution in [3.05, 3.63) is 17.5 Å². The Hall–Kier alpha value is -1.89. The van der Waals surface area contributed by atoms with E-state index < -0.39 is 5.54 Å². The molecule has 1 unspecified atom stereocenters. The van der Waals surface area contributed by atoms with Gasteiger partial charge in [0.2, 0.25) is 5.91 Å². The topological polar surface area (TPSA) is 84.7 Å². The predicted molar refractivity (Wildman–Crippen MR) is 70.2 cm³/mol. The second kappa shape index (κ2) is 5.62. The molecule has 7 heteroatoms. The fourth-order valence-electron chi connectivity index (χ4n) is 2.70. The first-order valence-electron chi connectivity index (χ1n) is 6.51. The first-order chi connectivity index (χ1) is 9.55. The lowest BCUT2D eigenvalue weighted by atomic mass is 9.95. The first kappa shape index (κ1) is 14.5. The Morgan fingerprint density at radius 2 is 2.35 bits per heavy atom. The van der Waals surface area contributed by atoms with Crippen LogP contribution in [0.3, 0.4) is 0 Å². The molecule has 0 aromatic carbocycles. The Kier molecular flexibility index (Phi) is 4.08. The quantitative estimate of drug-likeness (QED) is 0.861. The Morgan fingerprint density at radius 3 is 2.90 bits per heavy atom. The maximum atomic E-state index is 12.5. The first-order valence-corrected chi connectivity index (χ1v) is 6.51. The molecule has 1 atom stereocenters. The van der Waals surface area contributed by atoms with Gasteiger partial charge in [0, 0.05) is 26.8 Å². The number of rotatable bonds is 4. The van der Waals surface area contributed by atoms with Crippen molar-refractivity contribution >= 4 is 11.8 Å². The summed E-state index contributed by atoms with van der Waals surface area (Å²) < 4.78 is 10.1. The minimum Gasteiger partial charge on any atom is -0.382 e. The highest BCUT2D eigenvalue weighted by Crippen LogP contribution is 2.31. The van der Waals surface area contributed by atoms with Gasteiger partial charge in [0.1, 0.15) is 11.3 Å². The summed E-state index contributed by atoms with van der Waals surface area (Å²) in [5, 5.41) is 6.35. The molecule has 1 fully saturated rings. The van der Waals surface area contributed by atoms with Gasteiger partial charge in [0.05, 0.1) is 6.61 Å². The van der Waals surface area contributed by atoms with E-state index in [-0.39, 0.29) is 24.1 Å². The van der Waals surface area contributed by atoms with E-state index in [2.05, 4.69) is 10.5 Å². The smallest absolute Gasteiger partial charge is 0.277 e. The highest BCUT2D eigenvalue weighted by atomic mass is 16.5. The number of aromatic nitrogens is 1. The fraction of sp³-hybridized carbons (Fsp3) is 0.615. The van der Waals surface area contributed by atoms with Crippen LogP contribution in [0.4, 0.5) is 0 Å². The van der Waals surface area contributed by atoms with Crippen molar-refractivity contribution in [2.45, 2.75) is 25.3 Å². The van der Waals surface area contributed by atoms with Gasteiger partial charge in [-0.05, 0) is 19.8 Å². The van der Waals surface area contributed by atoms with Crippen LogP contribution in [-0.2, 0) is 9.53 Å². The summed E-state index contributed by atoms with van der Waals surface area (Å²) >= 11 is 0. The number of nitrogens with one attached hydrogen (secondary N) is 1. The maximum Gasteiger partial charge on any atom is 0.277 e. The average molecular weight is 281 g/mol. The normalized spacial score (nSPS) is 22.1. The van der Waals surface area contributed by atoms with Crippen LogP contribution >= 0.6 is 0 Å². The SMILES string of the molecule is CNC(=O)C1(COC)CCCN1C(=O)c1cc(C)on1. The fourth-order valence-corrected chi connectivity index (χ4v) is 2.70. The van der Waals surface area contributed by atoms with Gasteiger partial charge in [-0.2, -0.15) is 0 Å². The van der Waals surface area contributed by atoms with Crippen LogP contribution in [0.2, 0.25) is 0 Å². The van der Waals surface area contributed by atoms with Crippen LogP contribution in [0.25, 0.3) is 0 Å². The molecular weight excluding hydrogens is 262 g/mol.